The van der Waals surface area contributed by atoms with Crippen molar-refractivity contribution in [1.29, 1.82) is 0 Å². The Morgan fingerprint density at radius 1 is 0.970 bits per heavy atom. The summed E-state index contributed by atoms with van der Waals surface area (Å²) in [5.74, 6) is 2.45. The summed E-state index contributed by atoms with van der Waals surface area (Å²) in [5.41, 5.74) is 7.98. The van der Waals surface area contributed by atoms with E-state index in [1.54, 1.807) is 13.3 Å². The SMILES string of the molecule is COc1cccc(-c2nccc3[nH]c(-c4c[nH]c5ccc(-c6cnc(C)n6C)nc45)nc23)c1. The van der Waals surface area contributed by atoms with Crippen LogP contribution < -0.4 is 4.74 Å². The summed E-state index contributed by atoms with van der Waals surface area (Å²) in [6.45, 7) is 1.98. The monoisotopic (exact) mass is 435 g/mol. The number of rotatable bonds is 4. The maximum absolute atomic E-state index is 5.38. The molecule has 0 bridgehead atoms. The fourth-order valence-electron chi connectivity index (χ4n) is 4.11. The van der Waals surface area contributed by atoms with E-state index in [4.69, 9.17) is 14.7 Å². The fourth-order valence-corrected chi connectivity index (χ4v) is 4.11. The van der Waals surface area contributed by atoms with Crippen LogP contribution in [-0.2, 0) is 7.05 Å². The molecule has 33 heavy (non-hydrogen) atoms. The molecule has 2 N–H and O–H groups in total. The standard InChI is InChI=1S/C25H21N7O/c1-14-27-13-21(32(14)2)18-7-8-19-23(29-18)17(12-28-19)25-30-20-9-10-26-22(24(20)31-25)15-5-4-6-16(11-15)33-3/h4-13,28H,1-3H3,(H,30,31). The van der Waals surface area contributed by atoms with Gasteiger partial charge in [0.05, 0.1) is 52.5 Å². The third-order valence-electron chi connectivity index (χ3n) is 6.00. The molecule has 0 aliphatic carbocycles. The Morgan fingerprint density at radius 2 is 1.88 bits per heavy atom. The minimum Gasteiger partial charge on any atom is -0.497 e. The van der Waals surface area contributed by atoms with E-state index in [1.807, 2.05) is 73.4 Å². The van der Waals surface area contributed by atoms with Gasteiger partial charge in [-0.15, -0.1) is 0 Å². The van der Waals surface area contributed by atoms with Gasteiger partial charge in [0, 0.05) is 25.0 Å². The lowest BCUT2D eigenvalue weighted by Crippen LogP contribution is -1.96. The Kier molecular flexibility index (Phi) is 4.26. The molecular weight excluding hydrogens is 414 g/mol. The molecule has 0 saturated heterocycles. The predicted molar refractivity (Wildman–Crippen MR) is 128 cm³/mol. The van der Waals surface area contributed by atoms with Crippen molar-refractivity contribution in [3.63, 3.8) is 0 Å². The molecule has 8 heteroatoms. The van der Waals surface area contributed by atoms with Crippen LogP contribution >= 0.6 is 0 Å². The third kappa shape index (κ3) is 3.07. The first kappa shape index (κ1) is 19.2. The van der Waals surface area contributed by atoms with Gasteiger partial charge in [-0.05, 0) is 37.3 Å². The zero-order valence-corrected chi connectivity index (χ0v) is 18.4. The third-order valence-corrected chi connectivity index (χ3v) is 6.00. The number of benzene rings is 1. The molecule has 0 amide bonds. The van der Waals surface area contributed by atoms with Crippen molar-refractivity contribution in [2.75, 3.05) is 7.11 Å². The number of nitrogens with zero attached hydrogens (tertiary/aromatic N) is 5. The van der Waals surface area contributed by atoms with E-state index in [1.165, 1.54) is 0 Å². The number of hydrogen-bond acceptors (Lipinski definition) is 5. The first-order valence-electron chi connectivity index (χ1n) is 10.6. The van der Waals surface area contributed by atoms with Crippen molar-refractivity contribution in [2.24, 2.45) is 7.05 Å². The first-order chi connectivity index (χ1) is 16.1. The Morgan fingerprint density at radius 3 is 2.70 bits per heavy atom. The molecule has 1 aromatic carbocycles. The second-order valence-corrected chi connectivity index (χ2v) is 7.92. The molecule has 0 aliphatic rings. The van der Waals surface area contributed by atoms with E-state index in [-0.39, 0.29) is 0 Å². The number of imidazole rings is 2. The van der Waals surface area contributed by atoms with Crippen LogP contribution in [0.4, 0.5) is 0 Å². The highest BCUT2D eigenvalue weighted by atomic mass is 16.5. The lowest BCUT2D eigenvalue weighted by Gasteiger charge is -2.04. The second-order valence-electron chi connectivity index (χ2n) is 7.92. The van der Waals surface area contributed by atoms with Gasteiger partial charge in [0.15, 0.2) is 0 Å². The lowest BCUT2D eigenvalue weighted by molar-refractivity contribution is 0.415. The molecule has 5 aromatic heterocycles. The minimum atomic E-state index is 0.735. The Bertz CT molecular complexity index is 1640. The summed E-state index contributed by atoms with van der Waals surface area (Å²) < 4.78 is 7.42. The number of aromatic nitrogens is 7. The van der Waals surface area contributed by atoms with Crippen molar-refractivity contribution >= 4 is 22.1 Å². The average Bonchev–Trinajstić information content (AvgIpc) is 3.55. The number of nitrogens with one attached hydrogen (secondary N) is 2. The van der Waals surface area contributed by atoms with Gasteiger partial charge in [-0.1, -0.05) is 12.1 Å². The zero-order chi connectivity index (χ0) is 22.5. The highest BCUT2D eigenvalue weighted by molar-refractivity contribution is 5.96. The quantitative estimate of drug-likeness (QED) is 0.411. The van der Waals surface area contributed by atoms with Crippen LogP contribution in [0.25, 0.3) is 56.1 Å². The van der Waals surface area contributed by atoms with Crippen molar-refractivity contribution in [3.05, 3.63) is 66.9 Å². The van der Waals surface area contributed by atoms with E-state index in [0.717, 1.165) is 67.7 Å². The molecule has 162 valence electrons. The van der Waals surface area contributed by atoms with Crippen LogP contribution in [0.15, 0.2) is 61.1 Å². The molecule has 6 rings (SSSR count). The summed E-state index contributed by atoms with van der Waals surface area (Å²) in [5, 5.41) is 0. The summed E-state index contributed by atoms with van der Waals surface area (Å²) in [4.78, 5) is 25.6. The smallest absolute Gasteiger partial charge is 0.142 e. The van der Waals surface area contributed by atoms with Gasteiger partial charge >= 0.3 is 0 Å². The second kappa shape index (κ2) is 7.30. The Labute approximate surface area is 189 Å². The van der Waals surface area contributed by atoms with Gasteiger partial charge in [0.1, 0.15) is 22.9 Å². The highest BCUT2D eigenvalue weighted by Crippen LogP contribution is 2.32. The van der Waals surface area contributed by atoms with Crippen LogP contribution in [0.3, 0.4) is 0 Å². The summed E-state index contributed by atoms with van der Waals surface area (Å²) in [7, 11) is 3.65. The van der Waals surface area contributed by atoms with Crippen LogP contribution in [0.2, 0.25) is 0 Å². The number of H-pyrrole nitrogens is 2. The molecule has 0 saturated carbocycles. The molecule has 0 unspecified atom stereocenters. The number of aromatic amines is 2. The van der Waals surface area contributed by atoms with Crippen LogP contribution in [0, 0.1) is 6.92 Å². The maximum Gasteiger partial charge on any atom is 0.142 e. The topological polar surface area (TPSA) is 97.3 Å². The minimum absolute atomic E-state index is 0.735. The molecule has 8 nitrogen and oxygen atoms in total. The van der Waals surface area contributed by atoms with E-state index < -0.39 is 0 Å². The number of ether oxygens (including phenoxy) is 1. The van der Waals surface area contributed by atoms with Crippen molar-refractivity contribution in [2.45, 2.75) is 6.92 Å². The van der Waals surface area contributed by atoms with Crippen LogP contribution in [0.1, 0.15) is 5.82 Å². The van der Waals surface area contributed by atoms with Crippen LogP contribution in [0.5, 0.6) is 5.75 Å². The molecule has 0 spiro atoms. The van der Waals surface area contributed by atoms with Crippen LogP contribution in [-0.4, -0.2) is 41.6 Å². The summed E-state index contributed by atoms with van der Waals surface area (Å²) in [6.07, 6.45) is 5.57. The van der Waals surface area contributed by atoms with Gasteiger partial charge in [-0.3, -0.25) is 4.98 Å². The molecule has 0 fully saturated rings. The number of hydrogen-bond donors (Lipinski definition) is 2. The highest BCUT2D eigenvalue weighted by Gasteiger charge is 2.17. The van der Waals surface area contributed by atoms with Gasteiger partial charge in [0.25, 0.3) is 0 Å². The van der Waals surface area contributed by atoms with Gasteiger partial charge in [-0.25, -0.2) is 15.0 Å². The fraction of sp³-hybridized carbons (Fsp3) is 0.120. The average molecular weight is 435 g/mol. The van der Waals surface area contributed by atoms with Crippen molar-refractivity contribution in [1.82, 2.24) is 34.5 Å². The van der Waals surface area contributed by atoms with Crippen molar-refractivity contribution in [3.8, 4) is 39.8 Å². The molecule has 0 aliphatic heterocycles. The molecule has 0 radical (unpaired) electrons. The molecule has 5 heterocycles. The Hall–Kier alpha value is -4.46. The Balaban J connectivity index is 1.50. The zero-order valence-electron chi connectivity index (χ0n) is 18.4. The summed E-state index contributed by atoms with van der Waals surface area (Å²) >= 11 is 0. The number of pyridine rings is 2. The van der Waals surface area contributed by atoms with E-state index in [2.05, 4.69) is 19.9 Å². The lowest BCUT2D eigenvalue weighted by atomic mass is 10.1. The number of aryl methyl sites for hydroxylation is 1. The van der Waals surface area contributed by atoms with E-state index >= 15 is 0 Å². The predicted octanol–water partition coefficient (Wildman–Crippen LogP) is 4.89. The maximum atomic E-state index is 5.38. The van der Waals surface area contributed by atoms with Gasteiger partial charge in [0.2, 0.25) is 0 Å². The first-order valence-corrected chi connectivity index (χ1v) is 10.6. The molecule has 0 atom stereocenters. The normalized spacial score (nSPS) is 11.5. The van der Waals surface area contributed by atoms with Crippen molar-refractivity contribution < 1.29 is 4.74 Å². The number of fused-ring (bicyclic) bond motifs is 2. The molecular formula is C25H21N7O. The summed E-state index contributed by atoms with van der Waals surface area (Å²) in [6, 6.07) is 13.8. The number of methoxy groups -OCH3 is 1. The van der Waals surface area contributed by atoms with Gasteiger partial charge in [-0.2, -0.15) is 0 Å². The van der Waals surface area contributed by atoms with E-state index in [9.17, 15) is 0 Å². The van der Waals surface area contributed by atoms with E-state index in [0.29, 0.717) is 0 Å². The molecule has 6 aromatic rings. The van der Waals surface area contributed by atoms with Gasteiger partial charge < -0.3 is 19.3 Å². The largest absolute Gasteiger partial charge is 0.497 e.